The molecule has 5 heteroatoms. The summed E-state index contributed by atoms with van der Waals surface area (Å²) >= 11 is 0. The zero-order chi connectivity index (χ0) is 14.8. The maximum absolute atomic E-state index is 13.0. The first-order valence-electron chi connectivity index (χ1n) is 6.94. The Balaban J connectivity index is 1.92. The highest BCUT2D eigenvalue weighted by molar-refractivity contribution is 5.82. The number of carbonyl (C=O) groups excluding carboxylic acids is 1. The number of likely N-dealkylation sites (N-methyl/N-ethyl adjacent to an activating group) is 1. The standard InChI is InChI=1S/C16H16FN3O/c1-2-20-10-13-14(7-8-18-15(13)9-16(20)21)19-12-5-3-11(17)4-6-12/h3-8H,2,9-10H2,1H3,(H,18,19). The smallest absolute Gasteiger partial charge is 0.228 e. The molecule has 0 bridgehead atoms. The largest absolute Gasteiger partial charge is 0.355 e. The van der Waals surface area contributed by atoms with Gasteiger partial charge in [0.2, 0.25) is 5.91 Å². The molecule has 0 radical (unpaired) electrons. The highest BCUT2D eigenvalue weighted by Gasteiger charge is 2.24. The van der Waals surface area contributed by atoms with Gasteiger partial charge in [-0.1, -0.05) is 0 Å². The molecule has 108 valence electrons. The molecule has 1 amide bonds. The van der Waals surface area contributed by atoms with Gasteiger partial charge in [-0.3, -0.25) is 9.78 Å². The fraction of sp³-hybridized carbons (Fsp3) is 0.250. The van der Waals surface area contributed by atoms with Gasteiger partial charge in [0, 0.05) is 36.2 Å². The van der Waals surface area contributed by atoms with E-state index in [1.807, 2.05) is 13.0 Å². The van der Waals surface area contributed by atoms with E-state index in [4.69, 9.17) is 0 Å². The number of nitrogens with one attached hydrogen (secondary N) is 1. The third kappa shape index (κ3) is 2.72. The Morgan fingerprint density at radius 2 is 2.05 bits per heavy atom. The SMILES string of the molecule is CCN1Cc2c(Nc3ccc(F)cc3)ccnc2CC1=O. The highest BCUT2D eigenvalue weighted by atomic mass is 19.1. The summed E-state index contributed by atoms with van der Waals surface area (Å²) in [5.41, 5.74) is 3.57. The summed E-state index contributed by atoms with van der Waals surface area (Å²) in [5, 5.41) is 3.27. The summed E-state index contributed by atoms with van der Waals surface area (Å²) < 4.78 is 13.0. The van der Waals surface area contributed by atoms with Crippen molar-refractivity contribution in [3.05, 3.63) is 53.6 Å². The van der Waals surface area contributed by atoms with Crippen molar-refractivity contribution < 1.29 is 9.18 Å². The Hall–Kier alpha value is -2.43. The highest BCUT2D eigenvalue weighted by Crippen LogP contribution is 2.27. The van der Waals surface area contributed by atoms with Crippen LogP contribution in [-0.4, -0.2) is 22.3 Å². The van der Waals surface area contributed by atoms with Crippen LogP contribution in [0.25, 0.3) is 0 Å². The summed E-state index contributed by atoms with van der Waals surface area (Å²) in [5.74, 6) is -0.156. The fourth-order valence-corrected chi connectivity index (χ4v) is 2.49. The molecule has 0 unspecified atom stereocenters. The fourth-order valence-electron chi connectivity index (χ4n) is 2.49. The van der Waals surface area contributed by atoms with E-state index in [0.717, 1.165) is 22.6 Å². The van der Waals surface area contributed by atoms with Crippen molar-refractivity contribution in [3.8, 4) is 0 Å². The second-order valence-corrected chi connectivity index (χ2v) is 5.00. The first kappa shape index (κ1) is 13.5. The van der Waals surface area contributed by atoms with Crippen LogP contribution in [0.3, 0.4) is 0 Å². The summed E-state index contributed by atoms with van der Waals surface area (Å²) in [6.45, 7) is 3.21. The number of rotatable bonds is 3. The van der Waals surface area contributed by atoms with Crippen LogP contribution in [0.2, 0.25) is 0 Å². The third-order valence-electron chi connectivity index (χ3n) is 3.67. The van der Waals surface area contributed by atoms with Crippen LogP contribution in [0.15, 0.2) is 36.5 Å². The molecule has 0 saturated carbocycles. The van der Waals surface area contributed by atoms with Crippen molar-refractivity contribution in [1.29, 1.82) is 0 Å². The van der Waals surface area contributed by atoms with Gasteiger partial charge in [0.25, 0.3) is 0 Å². The number of fused-ring (bicyclic) bond motifs is 1. The number of hydrogen-bond donors (Lipinski definition) is 1. The molecule has 1 aromatic carbocycles. The zero-order valence-electron chi connectivity index (χ0n) is 11.8. The lowest BCUT2D eigenvalue weighted by Gasteiger charge is -2.28. The number of benzene rings is 1. The number of nitrogens with zero attached hydrogens (tertiary/aromatic N) is 2. The minimum atomic E-state index is -0.264. The molecule has 3 rings (SSSR count). The van der Waals surface area contributed by atoms with Gasteiger partial charge in [-0.15, -0.1) is 0 Å². The van der Waals surface area contributed by atoms with Gasteiger partial charge in [0.15, 0.2) is 0 Å². The number of aromatic nitrogens is 1. The van der Waals surface area contributed by atoms with Crippen LogP contribution >= 0.6 is 0 Å². The van der Waals surface area contributed by atoms with Gasteiger partial charge in [-0.25, -0.2) is 4.39 Å². The molecule has 2 aromatic rings. The Labute approximate surface area is 122 Å². The summed E-state index contributed by atoms with van der Waals surface area (Å²) in [7, 11) is 0. The van der Waals surface area contributed by atoms with Crippen LogP contribution in [0.4, 0.5) is 15.8 Å². The minimum absolute atomic E-state index is 0.108. The molecule has 1 aliphatic heterocycles. The molecule has 21 heavy (non-hydrogen) atoms. The topological polar surface area (TPSA) is 45.2 Å². The van der Waals surface area contributed by atoms with Crippen molar-refractivity contribution in [2.45, 2.75) is 19.9 Å². The maximum Gasteiger partial charge on any atom is 0.228 e. The number of halogens is 1. The normalized spacial score (nSPS) is 14.0. The Bertz CT molecular complexity index is 670. The van der Waals surface area contributed by atoms with Crippen molar-refractivity contribution in [2.24, 2.45) is 0 Å². The van der Waals surface area contributed by atoms with E-state index in [9.17, 15) is 9.18 Å². The number of carbonyl (C=O) groups is 1. The lowest BCUT2D eigenvalue weighted by atomic mass is 10.0. The first-order chi connectivity index (χ1) is 10.2. The van der Waals surface area contributed by atoms with Crippen LogP contribution < -0.4 is 5.32 Å². The van der Waals surface area contributed by atoms with E-state index in [0.29, 0.717) is 19.5 Å². The van der Waals surface area contributed by atoms with Crippen molar-refractivity contribution in [1.82, 2.24) is 9.88 Å². The predicted molar refractivity (Wildman–Crippen MR) is 78.7 cm³/mol. The van der Waals surface area contributed by atoms with Gasteiger partial charge in [-0.2, -0.15) is 0 Å². The molecule has 0 spiro atoms. The Kier molecular flexibility index (Phi) is 3.56. The molecular formula is C16H16FN3O. The summed E-state index contributed by atoms with van der Waals surface area (Å²) in [4.78, 5) is 18.0. The minimum Gasteiger partial charge on any atom is -0.355 e. The monoisotopic (exact) mass is 285 g/mol. The number of hydrogen-bond acceptors (Lipinski definition) is 3. The molecule has 1 aliphatic rings. The predicted octanol–water partition coefficient (Wildman–Crippen LogP) is 2.87. The molecular weight excluding hydrogens is 269 g/mol. The molecule has 0 saturated heterocycles. The average Bonchev–Trinajstić information content (AvgIpc) is 2.49. The maximum atomic E-state index is 13.0. The van der Waals surface area contributed by atoms with E-state index < -0.39 is 0 Å². The molecule has 1 N–H and O–H groups in total. The van der Waals surface area contributed by atoms with E-state index in [-0.39, 0.29) is 11.7 Å². The van der Waals surface area contributed by atoms with Gasteiger partial charge in [-0.05, 0) is 37.3 Å². The van der Waals surface area contributed by atoms with E-state index >= 15 is 0 Å². The van der Waals surface area contributed by atoms with Crippen molar-refractivity contribution in [2.75, 3.05) is 11.9 Å². The van der Waals surface area contributed by atoms with Gasteiger partial charge >= 0.3 is 0 Å². The quantitative estimate of drug-likeness (QED) is 0.943. The Morgan fingerprint density at radius 3 is 2.76 bits per heavy atom. The first-order valence-corrected chi connectivity index (χ1v) is 6.94. The van der Waals surface area contributed by atoms with Crippen molar-refractivity contribution >= 4 is 17.3 Å². The molecule has 2 heterocycles. The number of amides is 1. The van der Waals surface area contributed by atoms with E-state index in [1.165, 1.54) is 12.1 Å². The van der Waals surface area contributed by atoms with Crippen LogP contribution in [0, 0.1) is 5.82 Å². The van der Waals surface area contributed by atoms with Gasteiger partial charge in [0.05, 0.1) is 12.1 Å². The second kappa shape index (κ2) is 5.52. The lowest BCUT2D eigenvalue weighted by molar-refractivity contribution is -0.131. The summed E-state index contributed by atoms with van der Waals surface area (Å²) in [6.07, 6.45) is 2.03. The van der Waals surface area contributed by atoms with Crippen LogP contribution in [0.5, 0.6) is 0 Å². The average molecular weight is 285 g/mol. The second-order valence-electron chi connectivity index (χ2n) is 5.00. The zero-order valence-corrected chi connectivity index (χ0v) is 11.8. The van der Waals surface area contributed by atoms with Crippen LogP contribution in [0.1, 0.15) is 18.2 Å². The lowest BCUT2D eigenvalue weighted by Crippen LogP contribution is -2.36. The van der Waals surface area contributed by atoms with Crippen LogP contribution in [-0.2, 0) is 17.8 Å². The molecule has 0 fully saturated rings. The molecule has 1 aromatic heterocycles. The molecule has 4 nitrogen and oxygen atoms in total. The van der Waals surface area contributed by atoms with Gasteiger partial charge < -0.3 is 10.2 Å². The van der Waals surface area contributed by atoms with Crippen molar-refractivity contribution in [3.63, 3.8) is 0 Å². The number of pyridine rings is 1. The van der Waals surface area contributed by atoms with E-state index in [2.05, 4.69) is 10.3 Å². The third-order valence-corrected chi connectivity index (χ3v) is 3.67. The summed E-state index contributed by atoms with van der Waals surface area (Å²) in [6, 6.07) is 8.09. The van der Waals surface area contributed by atoms with E-state index in [1.54, 1.807) is 23.2 Å². The van der Waals surface area contributed by atoms with Gasteiger partial charge in [0.1, 0.15) is 5.82 Å². The molecule has 0 aliphatic carbocycles. The number of anilines is 2. The molecule has 0 atom stereocenters. The Morgan fingerprint density at radius 1 is 1.29 bits per heavy atom.